The summed E-state index contributed by atoms with van der Waals surface area (Å²) in [7, 11) is -3.98. The lowest BCUT2D eigenvalue weighted by molar-refractivity contribution is 0.0996. The molecule has 188 valence electrons. The van der Waals surface area contributed by atoms with Crippen LogP contribution in [-0.4, -0.2) is 34.1 Å². The Hall–Kier alpha value is -4.74. The maximum atomic E-state index is 13.3. The molecule has 6 aromatic rings. The number of sulfone groups is 1. The monoisotopic (exact) mass is 544 g/mol. The second kappa shape index (κ2) is 9.29. The van der Waals surface area contributed by atoms with E-state index in [0.717, 1.165) is 0 Å². The zero-order chi connectivity index (χ0) is 26.3. The summed E-state index contributed by atoms with van der Waals surface area (Å²) in [5.74, 6) is 0.182. The summed E-state index contributed by atoms with van der Waals surface area (Å²) in [5, 5.41) is 14.8. The molecule has 12 heteroatoms. The first kappa shape index (κ1) is 23.6. The van der Waals surface area contributed by atoms with E-state index in [1.807, 2.05) is 0 Å². The number of hydrogen-bond donors (Lipinski definition) is 2. The summed E-state index contributed by atoms with van der Waals surface area (Å²) in [5.41, 5.74) is 1.82. The van der Waals surface area contributed by atoms with Gasteiger partial charge >= 0.3 is 0 Å². The van der Waals surface area contributed by atoms with E-state index in [1.165, 1.54) is 22.9 Å². The lowest BCUT2D eigenvalue weighted by Crippen LogP contribution is -2.10. The molecule has 0 bridgehead atoms. The standard InChI is InChI=1S/C26H17ClN6O4S/c27-16-8-13-21-20(15-16)23(28-17-9-11-18(12-10-17)29-25(34)22-7-4-14-37-22)30-24-26(31-32-33(21)24)38(35,36)19-5-2-1-3-6-19/h1-15H,(H,28,30)(H,29,34). The lowest BCUT2D eigenvalue weighted by atomic mass is 10.2. The van der Waals surface area contributed by atoms with Gasteiger partial charge in [0.15, 0.2) is 11.4 Å². The highest BCUT2D eigenvalue weighted by Gasteiger charge is 2.27. The topological polar surface area (TPSA) is 131 Å². The molecule has 0 aliphatic carbocycles. The highest BCUT2D eigenvalue weighted by atomic mass is 35.5. The van der Waals surface area contributed by atoms with Crippen LogP contribution >= 0.6 is 11.6 Å². The average molecular weight is 545 g/mol. The molecule has 0 atom stereocenters. The number of fused-ring (bicyclic) bond motifs is 3. The van der Waals surface area contributed by atoms with Crippen LogP contribution in [0.4, 0.5) is 17.2 Å². The number of furan rings is 1. The molecule has 0 unspecified atom stereocenters. The van der Waals surface area contributed by atoms with Crippen LogP contribution in [0.2, 0.25) is 5.02 Å². The van der Waals surface area contributed by atoms with Gasteiger partial charge in [-0.2, -0.15) is 4.52 Å². The van der Waals surface area contributed by atoms with Crippen molar-refractivity contribution < 1.29 is 17.6 Å². The van der Waals surface area contributed by atoms with Crippen molar-refractivity contribution in [3.8, 4) is 0 Å². The van der Waals surface area contributed by atoms with Crippen LogP contribution in [0.5, 0.6) is 0 Å². The van der Waals surface area contributed by atoms with E-state index in [1.54, 1.807) is 72.8 Å². The van der Waals surface area contributed by atoms with Crippen molar-refractivity contribution >= 4 is 61.1 Å². The molecule has 6 rings (SSSR count). The van der Waals surface area contributed by atoms with Gasteiger partial charge in [0.25, 0.3) is 5.91 Å². The van der Waals surface area contributed by atoms with Gasteiger partial charge in [0.2, 0.25) is 14.9 Å². The highest BCUT2D eigenvalue weighted by Crippen LogP contribution is 2.31. The minimum absolute atomic E-state index is 0.0634. The molecule has 3 heterocycles. The Bertz CT molecular complexity index is 1910. The number of amides is 1. The maximum absolute atomic E-state index is 13.3. The fourth-order valence-corrected chi connectivity index (χ4v) is 5.35. The molecule has 10 nitrogen and oxygen atoms in total. The van der Waals surface area contributed by atoms with Gasteiger partial charge < -0.3 is 15.1 Å². The van der Waals surface area contributed by atoms with Gasteiger partial charge in [-0.25, -0.2) is 13.4 Å². The Morgan fingerprint density at radius 2 is 1.68 bits per heavy atom. The van der Waals surface area contributed by atoms with Gasteiger partial charge in [-0.3, -0.25) is 4.79 Å². The molecule has 3 aromatic carbocycles. The third-order valence-corrected chi connectivity index (χ3v) is 7.64. The number of nitrogens with zero attached hydrogens (tertiary/aromatic N) is 4. The minimum Gasteiger partial charge on any atom is -0.459 e. The zero-order valence-corrected chi connectivity index (χ0v) is 20.9. The largest absolute Gasteiger partial charge is 0.459 e. The van der Waals surface area contributed by atoms with Crippen LogP contribution in [0, 0.1) is 0 Å². The molecule has 0 spiro atoms. The molecule has 0 saturated carbocycles. The van der Waals surface area contributed by atoms with Crippen molar-refractivity contribution in [2.24, 2.45) is 0 Å². The van der Waals surface area contributed by atoms with Gasteiger partial charge in [0.05, 0.1) is 16.7 Å². The number of benzene rings is 3. The number of hydrogen-bond acceptors (Lipinski definition) is 8. The van der Waals surface area contributed by atoms with Gasteiger partial charge in [-0.15, -0.1) is 5.10 Å². The summed E-state index contributed by atoms with van der Waals surface area (Å²) in [6.07, 6.45) is 1.43. The molecule has 38 heavy (non-hydrogen) atoms. The van der Waals surface area contributed by atoms with E-state index in [-0.39, 0.29) is 27.2 Å². The molecule has 1 amide bonds. The second-order valence-corrected chi connectivity index (χ2v) is 10.5. The summed E-state index contributed by atoms with van der Waals surface area (Å²) >= 11 is 6.27. The van der Waals surface area contributed by atoms with E-state index < -0.39 is 9.84 Å². The SMILES string of the molecule is O=C(Nc1ccc(Nc2nc3c(S(=O)(=O)c4ccccc4)nnn3c3ccc(Cl)cc23)cc1)c1ccco1. The van der Waals surface area contributed by atoms with Crippen LogP contribution in [0.3, 0.4) is 0 Å². The van der Waals surface area contributed by atoms with Crippen molar-refractivity contribution in [3.63, 3.8) is 0 Å². The lowest BCUT2D eigenvalue weighted by Gasteiger charge is -2.12. The molecule has 0 aliphatic heterocycles. The van der Waals surface area contributed by atoms with Gasteiger partial charge in [0.1, 0.15) is 5.82 Å². The Balaban J connectivity index is 1.40. The summed E-state index contributed by atoms with van der Waals surface area (Å²) in [4.78, 5) is 16.9. The Morgan fingerprint density at radius 1 is 0.921 bits per heavy atom. The first-order valence-corrected chi connectivity index (χ1v) is 13.1. The molecule has 2 N–H and O–H groups in total. The summed E-state index contributed by atoms with van der Waals surface area (Å²) < 4.78 is 33.2. The predicted molar refractivity (Wildman–Crippen MR) is 142 cm³/mol. The molecule has 0 aliphatic rings. The fraction of sp³-hybridized carbons (Fsp3) is 0. The van der Waals surface area contributed by atoms with E-state index >= 15 is 0 Å². The van der Waals surface area contributed by atoms with Crippen LogP contribution in [0.25, 0.3) is 16.6 Å². The number of halogens is 1. The quantitative estimate of drug-likeness (QED) is 0.287. The third kappa shape index (κ3) is 4.23. The van der Waals surface area contributed by atoms with E-state index in [0.29, 0.717) is 33.1 Å². The molecule has 0 saturated heterocycles. The predicted octanol–water partition coefficient (Wildman–Crippen LogP) is 5.35. The second-order valence-electron chi connectivity index (χ2n) is 8.20. The number of aromatic nitrogens is 4. The van der Waals surface area contributed by atoms with Crippen LogP contribution in [0.15, 0.2) is 106 Å². The van der Waals surface area contributed by atoms with E-state index in [4.69, 9.17) is 16.0 Å². The number of nitrogens with one attached hydrogen (secondary N) is 2. The van der Waals surface area contributed by atoms with Gasteiger partial charge in [-0.1, -0.05) is 35.0 Å². The van der Waals surface area contributed by atoms with Crippen molar-refractivity contribution in [3.05, 3.63) is 102 Å². The normalized spacial score (nSPS) is 11.6. The molecular formula is C26H17ClN6O4S. The fourth-order valence-electron chi connectivity index (χ4n) is 3.92. The van der Waals surface area contributed by atoms with Crippen LogP contribution in [-0.2, 0) is 9.84 Å². The number of rotatable bonds is 6. The molecule has 0 fully saturated rings. The van der Waals surface area contributed by atoms with Crippen molar-refractivity contribution in [1.82, 2.24) is 19.8 Å². The first-order valence-electron chi connectivity index (χ1n) is 11.3. The number of anilines is 3. The minimum atomic E-state index is -3.98. The van der Waals surface area contributed by atoms with Crippen molar-refractivity contribution in [2.75, 3.05) is 10.6 Å². The Kier molecular flexibility index (Phi) is 5.78. The maximum Gasteiger partial charge on any atom is 0.291 e. The van der Waals surface area contributed by atoms with Gasteiger partial charge in [-0.05, 0) is 66.7 Å². The first-order chi connectivity index (χ1) is 18.4. The van der Waals surface area contributed by atoms with Crippen LogP contribution in [0.1, 0.15) is 10.6 Å². The van der Waals surface area contributed by atoms with Crippen molar-refractivity contribution in [1.29, 1.82) is 0 Å². The Labute approximate surface area is 220 Å². The third-order valence-electron chi connectivity index (χ3n) is 5.74. The zero-order valence-electron chi connectivity index (χ0n) is 19.4. The summed E-state index contributed by atoms with van der Waals surface area (Å²) in [6.45, 7) is 0. The summed E-state index contributed by atoms with van der Waals surface area (Å²) in [6, 6.07) is 23.2. The average Bonchev–Trinajstić information content (AvgIpc) is 3.61. The van der Waals surface area contributed by atoms with E-state index in [2.05, 4.69) is 25.9 Å². The number of carbonyl (C=O) groups is 1. The number of carbonyl (C=O) groups excluding carboxylic acids is 1. The Morgan fingerprint density at radius 3 is 2.42 bits per heavy atom. The van der Waals surface area contributed by atoms with Gasteiger partial charge in [0, 0.05) is 21.8 Å². The van der Waals surface area contributed by atoms with Crippen molar-refractivity contribution in [2.45, 2.75) is 9.92 Å². The molecule has 0 radical (unpaired) electrons. The molecule has 3 aromatic heterocycles. The smallest absolute Gasteiger partial charge is 0.291 e. The van der Waals surface area contributed by atoms with Crippen LogP contribution < -0.4 is 10.6 Å². The van der Waals surface area contributed by atoms with E-state index in [9.17, 15) is 13.2 Å². The highest BCUT2D eigenvalue weighted by molar-refractivity contribution is 7.91. The molecular weight excluding hydrogens is 528 g/mol.